The number of aliphatic hydroxyl groups is 4. The number of aliphatic hydroxyl groups excluding tert-OH is 4. The van der Waals surface area contributed by atoms with Crippen molar-refractivity contribution in [1.82, 2.24) is 9.80 Å². The summed E-state index contributed by atoms with van der Waals surface area (Å²) in [6.07, 6.45) is -1.19. The summed E-state index contributed by atoms with van der Waals surface area (Å²) in [6.45, 7) is 30.5. The highest BCUT2D eigenvalue weighted by Gasteiger charge is 2.31. The minimum absolute atomic E-state index is 0.235. The zero-order valence-corrected chi connectivity index (χ0v) is 25.0. The van der Waals surface area contributed by atoms with Crippen molar-refractivity contribution in [3.05, 3.63) is 0 Å². The number of rotatable bonds is 14. The highest BCUT2D eigenvalue weighted by atomic mass is 16.3. The molecule has 6 heteroatoms. The summed E-state index contributed by atoms with van der Waals surface area (Å²) in [4.78, 5) is 4.74. The van der Waals surface area contributed by atoms with E-state index in [1.807, 2.05) is 27.7 Å². The molecule has 4 N–H and O–H groups in total. The fourth-order valence-corrected chi connectivity index (χ4v) is 4.71. The lowest BCUT2D eigenvalue weighted by Gasteiger charge is -2.41. The zero-order chi connectivity index (χ0) is 27.5. The third-order valence-electron chi connectivity index (χ3n) is 8.91. The van der Waals surface area contributed by atoms with Gasteiger partial charge in [-0.15, -0.1) is 0 Å². The maximum Gasteiger partial charge on any atom is 0.0552 e. The van der Waals surface area contributed by atoms with Crippen LogP contribution in [0.5, 0.6) is 0 Å². The number of hydrogen-bond acceptors (Lipinski definition) is 6. The first-order valence-electron chi connectivity index (χ1n) is 13.7. The van der Waals surface area contributed by atoms with Gasteiger partial charge >= 0.3 is 0 Å². The monoisotopic (exact) mass is 490 g/mol. The van der Waals surface area contributed by atoms with Crippen molar-refractivity contribution < 1.29 is 20.4 Å². The summed E-state index contributed by atoms with van der Waals surface area (Å²) in [5, 5.41) is 38.8. The second-order valence-electron chi connectivity index (χ2n) is 11.0. The quantitative estimate of drug-likeness (QED) is 0.291. The lowest BCUT2D eigenvalue weighted by atomic mass is 9.91. The Morgan fingerprint density at radius 1 is 0.382 bits per heavy atom. The van der Waals surface area contributed by atoms with Gasteiger partial charge in [0.25, 0.3) is 0 Å². The molecule has 0 fully saturated rings. The topological polar surface area (TPSA) is 87.4 Å². The Balaban J connectivity index is 0. The largest absolute Gasteiger partial charge is 0.393 e. The molecule has 0 spiro atoms. The summed E-state index contributed by atoms with van der Waals surface area (Å²) >= 11 is 0. The van der Waals surface area contributed by atoms with Crippen molar-refractivity contribution >= 4 is 0 Å². The van der Waals surface area contributed by atoms with Gasteiger partial charge in [-0.05, 0) is 92.2 Å². The first-order valence-corrected chi connectivity index (χ1v) is 13.7. The van der Waals surface area contributed by atoms with Crippen molar-refractivity contribution in [2.45, 2.75) is 146 Å². The third-order valence-corrected chi connectivity index (χ3v) is 8.91. The normalized spacial score (nSPS) is 22.9. The Bertz CT molecular complexity index is 417. The fourth-order valence-electron chi connectivity index (χ4n) is 4.71. The van der Waals surface area contributed by atoms with Crippen LogP contribution < -0.4 is 0 Å². The molecule has 0 aliphatic heterocycles. The van der Waals surface area contributed by atoms with Gasteiger partial charge in [0.15, 0.2) is 0 Å². The molecule has 34 heavy (non-hydrogen) atoms. The molecule has 0 aromatic rings. The average Bonchev–Trinajstić information content (AvgIpc) is 2.77. The molecule has 0 rings (SSSR count). The van der Waals surface area contributed by atoms with Crippen molar-refractivity contribution in [1.29, 1.82) is 0 Å². The van der Waals surface area contributed by atoms with Gasteiger partial charge in [-0.1, -0.05) is 41.5 Å². The summed E-state index contributed by atoms with van der Waals surface area (Å²) in [5.74, 6) is 0.939. The van der Waals surface area contributed by atoms with Gasteiger partial charge in [-0.3, -0.25) is 9.80 Å². The summed E-state index contributed by atoms with van der Waals surface area (Å²) in [7, 11) is 0. The first kappa shape index (κ1) is 35.9. The Morgan fingerprint density at radius 3 is 0.618 bits per heavy atom. The van der Waals surface area contributed by atoms with Gasteiger partial charge in [-0.25, -0.2) is 0 Å². The lowest BCUT2D eigenvalue weighted by molar-refractivity contribution is 0.00890. The molecule has 0 aromatic carbocycles. The van der Waals surface area contributed by atoms with Crippen molar-refractivity contribution in [2.75, 3.05) is 13.1 Å². The van der Waals surface area contributed by atoms with E-state index in [1.165, 1.54) is 0 Å². The SMILES string of the molecule is CCN(C(C)C(C)C(C)O)C(C)C(C)C(C)O.CCN(C(C)C(C)C(C)O)C(C)C(C)C(C)O. The molecule has 0 bridgehead atoms. The molecular formula is C28H62N2O4. The van der Waals surface area contributed by atoms with Crippen LogP contribution in [0.1, 0.15) is 96.9 Å². The van der Waals surface area contributed by atoms with Crippen LogP contribution >= 0.6 is 0 Å². The minimum atomic E-state index is -0.298. The van der Waals surface area contributed by atoms with E-state index in [4.69, 9.17) is 0 Å². The molecule has 0 heterocycles. The van der Waals surface area contributed by atoms with Crippen LogP contribution in [0, 0.1) is 23.7 Å². The van der Waals surface area contributed by atoms with Gasteiger partial charge in [0.2, 0.25) is 0 Å². The third kappa shape index (κ3) is 11.2. The van der Waals surface area contributed by atoms with Crippen molar-refractivity contribution in [2.24, 2.45) is 23.7 Å². The van der Waals surface area contributed by atoms with Gasteiger partial charge in [-0.2, -0.15) is 0 Å². The standard InChI is InChI=1S/2C14H31NO2/c2*1-8-15(11(4)9(2)13(6)16)12(5)10(3)14(7)17/h2*9-14,16-17H,8H2,1-7H3. The lowest BCUT2D eigenvalue weighted by Crippen LogP contribution is -2.49. The molecule has 0 saturated heterocycles. The van der Waals surface area contributed by atoms with Gasteiger partial charge < -0.3 is 20.4 Å². The molecule has 12 atom stereocenters. The van der Waals surface area contributed by atoms with E-state index in [0.29, 0.717) is 24.2 Å². The van der Waals surface area contributed by atoms with Crippen LogP contribution in [0.25, 0.3) is 0 Å². The molecule has 6 nitrogen and oxygen atoms in total. The van der Waals surface area contributed by atoms with Crippen LogP contribution in [0.15, 0.2) is 0 Å². The average molecular weight is 491 g/mol. The van der Waals surface area contributed by atoms with Crippen LogP contribution in [-0.4, -0.2) is 91.9 Å². The summed E-state index contributed by atoms with van der Waals surface area (Å²) in [6, 6.07) is 1.26. The Kier molecular flexibility index (Phi) is 18.2. The zero-order valence-electron chi connectivity index (χ0n) is 25.0. The van der Waals surface area contributed by atoms with E-state index in [-0.39, 0.29) is 48.1 Å². The number of nitrogens with zero attached hydrogens (tertiary/aromatic N) is 2. The van der Waals surface area contributed by atoms with E-state index >= 15 is 0 Å². The maximum atomic E-state index is 9.69. The van der Waals surface area contributed by atoms with E-state index in [9.17, 15) is 20.4 Å². The second kappa shape index (κ2) is 17.3. The van der Waals surface area contributed by atoms with E-state index in [0.717, 1.165) is 13.1 Å². The highest BCUT2D eigenvalue weighted by molar-refractivity contribution is 4.84. The number of hydrogen-bond donors (Lipinski definition) is 4. The van der Waals surface area contributed by atoms with E-state index in [1.54, 1.807) is 0 Å². The molecule has 0 saturated carbocycles. The fraction of sp³-hybridized carbons (Fsp3) is 1.00. The van der Waals surface area contributed by atoms with Crippen LogP contribution in [-0.2, 0) is 0 Å². The Hall–Kier alpha value is -0.240. The Labute approximate surface area is 212 Å². The molecule has 0 amide bonds. The minimum Gasteiger partial charge on any atom is -0.393 e. The predicted octanol–water partition coefficient (Wildman–Crippen LogP) is 4.24. The molecule has 0 aromatic heterocycles. The van der Waals surface area contributed by atoms with Crippen LogP contribution in [0.2, 0.25) is 0 Å². The van der Waals surface area contributed by atoms with Crippen molar-refractivity contribution in [3.63, 3.8) is 0 Å². The van der Waals surface area contributed by atoms with E-state index in [2.05, 4.69) is 79.0 Å². The van der Waals surface area contributed by atoms with Gasteiger partial charge in [0.1, 0.15) is 0 Å². The molecule has 208 valence electrons. The summed E-state index contributed by atoms with van der Waals surface area (Å²) < 4.78 is 0. The highest BCUT2D eigenvalue weighted by Crippen LogP contribution is 2.23. The second-order valence-corrected chi connectivity index (χ2v) is 11.0. The van der Waals surface area contributed by atoms with Crippen LogP contribution in [0.4, 0.5) is 0 Å². The summed E-state index contributed by atoms with van der Waals surface area (Å²) in [5.41, 5.74) is 0. The molecule has 12 unspecified atom stereocenters. The van der Waals surface area contributed by atoms with Gasteiger partial charge in [0.05, 0.1) is 24.4 Å². The molecule has 0 radical (unpaired) electrons. The smallest absolute Gasteiger partial charge is 0.0552 e. The first-order chi connectivity index (χ1) is 15.5. The van der Waals surface area contributed by atoms with Gasteiger partial charge in [0, 0.05) is 24.2 Å². The maximum absolute atomic E-state index is 9.69. The molecule has 0 aliphatic carbocycles. The molecule has 0 aliphatic rings. The van der Waals surface area contributed by atoms with Crippen LogP contribution in [0.3, 0.4) is 0 Å². The predicted molar refractivity (Wildman–Crippen MR) is 146 cm³/mol. The molecular weight excluding hydrogens is 428 g/mol. The van der Waals surface area contributed by atoms with Crippen molar-refractivity contribution in [3.8, 4) is 0 Å². The Morgan fingerprint density at radius 2 is 0.529 bits per heavy atom. The van der Waals surface area contributed by atoms with E-state index < -0.39 is 0 Å².